The molecule has 0 unspecified atom stereocenters. The monoisotopic (exact) mass is 374 g/mol. The third kappa shape index (κ3) is 9.29. The van der Waals surface area contributed by atoms with Gasteiger partial charge in [0.1, 0.15) is 12.4 Å². The minimum Gasteiger partial charge on any atom is -0.379 e. The number of amides is 2. The fraction of sp³-hybridized carbons (Fsp3) is 0.842. The summed E-state index contributed by atoms with van der Waals surface area (Å²) in [6.45, 7) is 7.26. The molecule has 1 aliphatic rings. The Balaban J connectivity index is 0. The van der Waals surface area contributed by atoms with Crippen LogP contribution in [0.15, 0.2) is 0 Å². The van der Waals surface area contributed by atoms with Gasteiger partial charge in [0.2, 0.25) is 11.8 Å². The Hall–Kier alpha value is -1.47. The van der Waals surface area contributed by atoms with Gasteiger partial charge in [-0.2, -0.15) is 0 Å². The van der Waals surface area contributed by atoms with Gasteiger partial charge in [0.15, 0.2) is 0 Å². The SMILES string of the molecule is CCCOCCOCC(=O)NCC(=O)NC1CCC(C(=O)C(C)C)CC1.[HH].[HH]. The van der Waals surface area contributed by atoms with Gasteiger partial charge >= 0.3 is 0 Å². The van der Waals surface area contributed by atoms with Gasteiger partial charge < -0.3 is 20.1 Å². The van der Waals surface area contributed by atoms with Crippen LogP contribution in [-0.2, 0) is 23.9 Å². The first kappa shape index (κ1) is 22.6. The molecule has 154 valence electrons. The van der Waals surface area contributed by atoms with Gasteiger partial charge in [0, 0.05) is 27.3 Å². The summed E-state index contributed by atoms with van der Waals surface area (Å²) in [4.78, 5) is 35.6. The number of carbonyl (C=O) groups excluding carboxylic acids is 3. The second-order valence-electron chi connectivity index (χ2n) is 7.11. The molecule has 1 rings (SSSR count). The molecule has 7 nitrogen and oxygen atoms in total. The largest absolute Gasteiger partial charge is 0.379 e. The van der Waals surface area contributed by atoms with Crippen molar-refractivity contribution in [1.29, 1.82) is 0 Å². The fourth-order valence-corrected chi connectivity index (χ4v) is 3.03. The van der Waals surface area contributed by atoms with Crippen LogP contribution < -0.4 is 10.6 Å². The Labute approximate surface area is 159 Å². The first-order valence-electron chi connectivity index (χ1n) is 9.69. The zero-order chi connectivity index (χ0) is 19.4. The molecule has 0 aromatic heterocycles. The molecule has 0 bridgehead atoms. The maximum absolute atomic E-state index is 12.0. The highest BCUT2D eigenvalue weighted by Gasteiger charge is 2.28. The van der Waals surface area contributed by atoms with Gasteiger partial charge in [-0.3, -0.25) is 14.4 Å². The van der Waals surface area contributed by atoms with Gasteiger partial charge in [-0.15, -0.1) is 0 Å². The van der Waals surface area contributed by atoms with E-state index in [1.54, 1.807) is 0 Å². The number of hydrogen-bond donors (Lipinski definition) is 2. The molecule has 1 aliphatic carbocycles. The summed E-state index contributed by atoms with van der Waals surface area (Å²) in [6.07, 6.45) is 4.21. The van der Waals surface area contributed by atoms with Crippen molar-refractivity contribution in [3.8, 4) is 0 Å². The number of nitrogens with one attached hydrogen (secondary N) is 2. The number of carbonyl (C=O) groups is 3. The molecule has 7 heteroatoms. The molecule has 0 atom stereocenters. The molecule has 0 spiro atoms. The topological polar surface area (TPSA) is 93.7 Å². The van der Waals surface area contributed by atoms with Crippen LogP contribution in [0.5, 0.6) is 0 Å². The maximum Gasteiger partial charge on any atom is 0.246 e. The molecule has 0 aromatic carbocycles. The molecule has 2 amide bonds. The number of ether oxygens (including phenoxy) is 2. The van der Waals surface area contributed by atoms with E-state index in [1.165, 1.54) is 0 Å². The first-order chi connectivity index (χ1) is 12.4. The lowest BCUT2D eigenvalue weighted by Crippen LogP contribution is -2.44. The Kier molecular flexibility index (Phi) is 11.1. The third-order valence-corrected chi connectivity index (χ3v) is 4.46. The summed E-state index contributed by atoms with van der Waals surface area (Å²) in [6, 6.07) is 0.0857. The van der Waals surface area contributed by atoms with Crippen LogP contribution >= 0.6 is 0 Å². The van der Waals surface area contributed by atoms with E-state index in [4.69, 9.17) is 9.47 Å². The van der Waals surface area contributed by atoms with Gasteiger partial charge in [-0.1, -0.05) is 20.8 Å². The lowest BCUT2D eigenvalue weighted by Gasteiger charge is -2.29. The molecule has 0 aliphatic heterocycles. The van der Waals surface area contributed by atoms with E-state index < -0.39 is 0 Å². The predicted molar refractivity (Wildman–Crippen MR) is 103 cm³/mol. The quantitative estimate of drug-likeness (QED) is 0.509. The lowest BCUT2D eigenvalue weighted by atomic mass is 9.80. The average molecular weight is 375 g/mol. The van der Waals surface area contributed by atoms with E-state index in [0.29, 0.717) is 25.6 Å². The summed E-state index contributed by atoms with van der Waals surface area (Å²) in [5.41, 5.74) is 0. The van der Waals surface area contributed by atoms with E-state index in [2.05, 4.69) is 10.6 Å². The van der Waals surface area contributed by atoms with Crippen LogP contribution in [0.2, 0.25) is 0 Å². The third-order valence-electron chi connectivity index (χ3n) is 4.46. The minimum atomic E-state index is -0.318. The molecule has 1 fully saturated rings. The number of ketones is 1. The van der Waals surface area contributed by atoms with Crippen LogP contribution in [0, 0.1) is 11.8 Å². The Bertz CT molecular complexity index is 456. The lowest BCUT2D eigenvalue weighted by molar-refractivity contribution is -0.130. The molecule has 26 heavy (non-hydrogen) atoms. The van der Waals surface area contributed by atoms with Crippen molar-refractivity contribution in [3.63, 3.8) is 0 Å². The Morgan fingerprint density at radius 3 is 2.27 bits per heavy atom. The molecule has 0 radical (unpaired) electrons. The van der Waals surface area contributed by atoms with Crippen molar-refractivity contribution < 1.29 is 26.7 Å². The normalized spacial score (nSPS) is 20.0. The molecular formula is C19H38N2O5. The van der Waals surface area contributed by atoms with Crippen LogP contribution in [0.4, 0.5) is 0 Å². The summed E-state index contributed by atoms with van der Waals surface area (Å²) < 4.78 is 10.4. The van der Waals surface area contributed by atoms with Crippen molar-refractivity contribution in [2.75, 3.05) is 33.0 Å². The summed E-state index contributed by atoms with van der Waals surface area (Å²) in [5.74, 6) is -0.00429. The molecular weight excluding hydrogens is 336 g/mol. The maximum atomic E-state index is 12.0. The molecule has 0 aromatic rings. The number of rotatable bonds is 12. The first-order valence-corrected chi connectivity index (χ1v) is 9.69. The second-order valence-corrected chi connectivity index (χ2v) is 7.11. The van der Waals surface area contributed by atoms with Crippen molar-refractivity contribution in [2.24, 2.45) is 11.8 Å². The second kappa shape index (κ2) is 12.8. The fourth-order valence-electron chi connectivity index (χ4n) is 3.03. The van der Waals surface area contributed by atoms with Crippen molar-refractivity contribution in [2.45, 2.75) is 58.9 Å². The van der Waals surface area contributed by atoms with Crippen LogP contribution in [0.25, 0.3) is 0 Å². The van der Waals surface area contributed by atoms with Crippen molar-refractivity contribution >= 4 is 17.6 Å². The average Bonchev–Trinajstić information content (AvgIpc) is 2.63. The van der Waals surface area contributed by atoms with Gasteiger partial charge in [-0.05, 0) is 32.1 Å². The molecule has 0 heterocycles. The highest BCUT2D eigenvalue weighted by Crippen LogP contribution is 2.27. The zero-order valence-corrected chi connectivity index (χ0v) is 16.3. The van der Waals surface area contributed by atoms with E-state index >= 15 is 0 Å². The number of hydrogen-bond acceptors (Lipinski definition) is 5. The zero-order valence-electron chi connectivity index (χ0n) is 16.3. The van der Waals surface area contributed by atoms with Crippen LogP contribution in [0.3, 0.4) is 0 Å². The van der Waals surface area contributed by atoms with Crippen molar-refractivity contribution in [1.82, 2.24) is 10.6 Å². The highest BCUT2D eigenvalue weighted by atomic mass is 16.5. The van der Waals surface area contributed by atoms with Crippen LogP contribution in [0.1, 0.15) is 55.7 Å². The minimum absolute atomic E-state index is 0. The van der Waals surface area contributed by atoms with Crippen LogP contribution in [-0.4, -0.2) is 56.6 Å². The van der Waals surface area contributed by atoms with Gasteiger partial charge in [-0.25, -0.2) is 0 Å². The summed E-state index contributed by atoms with van der Waals surface area (Å²) >= 11 is 0. The van der Waals surface area contributed by atoms with E-state index in [0.717, 1.165) is 32.1 Å². The Morgan fingerprint density at radius 2 is 1.65 bits per heavy atom. The van der Waals surface area contributed by atoms with E-state index in [9.17, 15) is 14.4 Å². The predicted octanol–water partition coefficient (Wildman–Crippen LogP) is 1.94. The van der Waals surface area contributed by atoms with E-state index in [-0.39, 0.29) is 45.7 Å². The van der Waals surface area contributed by atoms with Gasteiger partial charge in [0.05, 0.1) is 19.8 Å². The smallest absolute Gasteiger partial charge is 0.246 e. The molecule has 0 saturated heterocycles. The highest BCUT2D eigenvalue weighted by molar-refractivity contribution is 5.85. The molecule has 2 N–H and O–H groups in total. The van der Waals surface area contributed by atoms with Crippen molar-refractivity contribution in [3.05, 3.63) is 0 Å². The summed E-state index contributed by atoms with van der Waals surface area (Å²) in [5, 5.41) is 5.47. The summed E-state index contributed by atoms with van der Waals surface area (Å²) in [7, 11) is 0. The molecule has 1 saturated carbocycles. The van der Waals surface area contributed by atoms with E-state index in [1.807, 2.05) is 20.8 Å². The Morgan fingerprint density at radius 1 is 1.00 bits per heavy atom. The number of Topliss-reactive ketones (excluding diaryl/α,β-unsaturated/α-hetero) is 1. The van der Waals surface area contributed by atoms with Gasteiger partial charge in [0.25, 0.3) is 0 Å². The standard InChI is InChI=1S/C19H34N2O5.2H2/c1-4-9-25-10-11-26-13-18(23)20-12-17(22)21-16-7-5-15(6-8-16)19(24)14(2)3;;/h14-16H,4-13H2,1-3H3,(H,20,23)(H,21,22);2*1H.